The molecule has 0 fully saturated rings. The van der Waals surface area contributed by atoms with Gasteiger partial charge in [-0.1, -0.05) is 12.1 Å². The van der Waals surface area contributed by atoms with Crippen molar-refractivity contribution in [2.24, 2.45) is 0 Å². The molecular formula is C21H22N2O3S. The highest BCUT2D eigenvalue weighted by Crippen LogP contribution is 2.37. The van der Waals surface area contributed by atoms with Crippen molar-refractivity contribution in [3.05, 3.63) is 58.7 Å². The number of hydrogen-bond donors (Lipinski definition) is 0. The number of hydrogen-bond acceptors (Lipinski definition) is 4. The van der Waals surface area contributed by atoms with Crippen molar-refractivity contribution in [2.45, 2.75) is 32.1 Å². The molecule has 3 aromatic rings. The van der Waals surface area contributed by atoms with Gasteiger partial charge in [-0.2, -0.15) is 0 Å². The molecule has 140 valence electrons. The van der Waals surface area contributed by atoms with Crippen LogP contribution in [-0.4, -0.2) is 27.1 Å². The second-order valence-corrected chi connectivity index (χ2v) is 8.91. The second kappa shape index (κ2) is 6.23. The lowest BCUT2D eigenvalue weighted by molar-refractivity contribution is 0.402. The number of aryl methyl sites for hydroxylation is 3. The quantitative estimate of drug-likeness (QED) is 0.689. The number of anilines is 1. The van der Waals surface area contributed by atoms with E-state index in [-0.39, 0.29) is 4.90 Å². The third kappa shape index (κ3) is 2.84. The summed E-state index contributed by atoms with van der Waals surface area (Å²) in [5, 5.41) is 1.03. The van der Waals surface area contributed by atoms with Crippen molar-refractivity contribution < 1.29 is 13.2 Å². The van der Waals surface area contributed by atoms with Gasteiger partial charge in [0.2, 0.25) is 0 Å². The molecule has 0 aliphatic carbocycles. The van der Waals surface area contributed by atoms with Gasteiger partial charge in [0.15, 0.2) is 0 Å². The molecule has 1 aromatic heterocycles. The minimum atomic E-state index is -3.77. The fourth-order valence-electron chi connectivity index (χ4n) is 3.52. The molecule has 5 nitrogen and oxygen atoms in total. The minimum absolute atomic E-state index is 0.187. The zero-order chi connectivity index (χ0) is 19.3. The van der Waals surface area contributed by atoms with Gasteiger partial charge in [0.05, 0.1) is 12.6 Å². The summed E-state index contributed by atoms with van der Waals surface area (Å²) in [5.41, 5.74) is 4.77. The maximum atomic E-state index is 13.4. The lowest BCUT2D eigenvalue weighted by Gasteiger charge is -2.21. The van der Waals surface area contributed by atoms with Crippen LogP contribution in [0.2, 0.25) is 0 Å². The Morgan fingerprint density at radius 2 is 1.78 bits per heavy atom. The first-order valence-corrected chi connectivity index (χ1v) is 10.3. The highest BCUT2D eigenvalue weighted by atomic mass is 32.2. The van der Waals surface area contributed by atoms with Gasteiger partial charge in [-0.25, -0.2) is 17.7 Å². The topological polar surface area (TPSA) is 59.5 Å². The van der Waals surface area contributed by atoms with Crippen LogP contribution in [0.25, 0.3) is 10.9 Å². The minimum Gasteiger partial charge on any atom is -0.495 e. The fourth-order valence-corrected chi connectivity index (χ4v) is 5.19. The average Bonchev–Trinajstić information content (AvgIpc) is 3.05. The van der Waals surface area contributed by atoms with Crippen molar-refractivity contribution in [3.8, 4) is 5.75 Å². The summed E-state index contributed by atoms with van der Waals surface area (Å²) in [5.74, 6) is 0.886. The Hall–Kier alpha value is -2.60. The van der Waals surface area contributed by atoms with Gasteiger partial charge in [0.1, 0.15) is 16.5 Å². The van der Waals surface area contributed by atoms with Crippen molar-refractivity contribution in [1.29, 1.82) is 0 Å². The first-order valence-electron chi connectivity index (χ1n) is 8.89. The lowest BCUT2D eigenvalue weighted by Crippen LogP contribution is -2.30. The molecule has 0 unspecified atom stereocenters. The monoisotopic (exact) mass is 382 g/mol. The molecule has 1 aliphatic rings. The van der Waals surface area contributed by atoms with E-state index in [2.05, 4.69) is 0 Å². The van der Waals surface area contributed by atoms with E-state index in [1.54, 1.807) is 12.1 Å². The van der Waals surface area contributed by atoms with Crippen LogP contribution in [0, 0.1) is 20.8 Å². The van der Waals surface area contributed by atoms with Crippen LogP contribution in [0.15, 0.2) is 41.3 Å². The number of rotatable bonds is 3. The van der Waals surface area contributed by atoms with E-state index in [1.807, 2.05) is 45.0 Å². The SMILES string of the molecule is COc1cc(C)c(C)cc1S(=O)(=O)N1CCc2cc3ccc(C)cc3nc21. The van der Waals surface area contributed by atoms with Crippen molar-refractivity contribution in [1.82, 2.24) is 4.98 Å². The molecule has 0 saturated carbocycles. The van der Waals surface area contributed by atoms with Crippen LogP contribution >= 0.6 is 0 Å². The van der Waals surface area contributed by atoms with Gasteiger partial charge >= 0.3 is 0 Å². The Balaban J connectivity index is 1.88. The first kappa shape index (κ1) is 17.8. The lowest BCUT2D eigenvalue weighted by atomic mass is 10.1. The standard InChI is InChI=1S/C21H22N2O3S/c1-13-5-6-16-12-17-7-8-23(21(17)22-18(16)9-13)27(24,25)20-11-15(3)14(2)10-19(20)26-4/h5-6,9-12H,7-8H2,1-4H3. The first-order chi connectivity index (χ1) is 12.8. The number of aromatic nitrogens is 1. The van der Waals surface area contributed by atoms with E-state index in [0.29, 0.717) is 24.5 Å². The molecule has 1 aliphatic heterocycles. The molecule has 2 aromatic carbocycles. The summed E-state index contributed by atoms with van der Waals surface area (Å²) in [6.07, 6.45) is 0.651. The predicted molar refractivity (Wildman–Crippen MR) is 107 cm³/mol. The average molecular weight is 382 g/mol. The normalized spacial score (nSPS) is 13.9. The molecule has 0 bridgehead atoms. The number of pyridine rings is 1. The number of fused-ring (bicyclic) bond motifs is 2. The maximum absolute atomic E-state index is 13.4. The molecular weight excluding hydrogens is 360 g/mol. The van der Waals surface area contributed by atoms with Gasteiger partial charge in [0.25, 0.3) is 10.0 Å². The molecule has 0 saturated heterocycles. The fraction of sp³-hybridized carbons (Fsp3) is 0.286. The van der Waals surface area contributed by atoms with Crippen LogP contribution in [0.3, 0.4) is 0 Å². The molecule has 0 radical (unpaired) electrons. The molecule has 4 rings (SSSR count). The Morgan fingerprint density at radius 3 is 2.52 bits per heavy atom. The van der Waals surface area contributed by atoms with E-state index < -0.39 is 10.0 Å². The van der Waals surface area contributed by atoms with Gasteiger partial charge in [-0.05, 0) is 73.7 Å². The molecule has 2 heterocycles. The summed E-state index contributed by atoms with van der Waals surface area (Å²) in [6, 6.07) is 11.6. The van der Waals surface area contributed by atoms with Crippen molar-refractivity contribution in [2.75, 3.05) is 18.0 Å². The van der Waals surface area contributed by atoms with Crippen LogP contribution < -0.4 is 9.04 Å². The smallest absolute Gasteiger partial charge is 0.269 e. The van der Waals surface area contributed by atoms with Crippen LogP contribution in [-0.2, 0) is 16.4 Å². The van der Waals surface area contributed by atoms with E-state index in [0.717, 1.165) is 33.2 Å². The number of sulfonamides is 1. The number of benzene rings is 2. The maximum Gasteiger partial charge on any atom is 0.269 e. The third-order valence-corrected chi connectivity index (χ3v) is 7.01. The number of ether oxygens (including phenoxy) is 1. The predicted octanol–water partition coefficient (Wildman–Crippen LogP) is 3.92. The summed E-state index contributed by atoms with van der Waals surface area (Å²) in [7, 11) is -2.27. The Morgan fingerprint density at radius 1 is 1.04 bits per heavy atom. The largest absolute Gasteiger partial charge is 0.495 e. The van der Waals surface area contributed by atoms with Gasteiger partial charge in [-0.15, -0.1) is 0 Å². The highest BCUT2D eigenvalue weighted by molar-refractivity contribution is 7.93. The number of nitrogens with zero attached hydrogens (tertiary/aromatic N) is 2. The molecule has 0 atom stereocenters. The third-order valence-electron chi connectivity index (χ3n) is 5.20. The second-order valence-electron chi connectivity index (χ2n) is 7.08. The summed E-state index contributed by atoms with van der Waals surface area (Å²) in [4.78, 5) is 4.88. The van der Waals surface area contributed by atoms with Gasteiger partial charge in [0, 0.05) is 11.9 Å². The van der Waals surface area contributed by atoms with E-state index in [9.17, 15) is 8.42 Å². The molecule has 0 amide bonds. The molecule has 6 heteroatoms. The van der Waals surface area contributed by atoms with Gasteiger partial charge < -0.3 is 4.74 Å². The number of methoxy groups -OCH3 is 1. The Kier molecular flexibility index (Phi) is 4.11. The molecule has 0 spiro atoms. The molecule has 0 N–H and O–H groups in total. The van der Waals surface area contributed by atoms with E-state index >= 15 is 0 Å². The van der Waals surface area contributed by atoms with Gasteiger partial charge in [-0.3, -0.25) is 0 Å². The van der Waals surface area contributed by atoms with E-state index in [4.69, 9.17) is 9.72 Å². The van der Waals surface area contributed by atoms with Crippen LogP contribution in [0.5, 0.6) is 5.75 Å². The van der Waals surface area contributed by atoms with Crippen LogP contribution in [0.1, 0.15) is 22.3 Å². The highest BCUT2D eigenvalue weighted by Gasteiger charge is 2.34. The van der Waals surface area contributed by atoms with Crippen LogP contribution in [0.4, 0.5) is 5.82 Å². The Bertz CT molecular complexity index is 1170. The van der Waals surface area contributed by atoms with Crippen molar-refractivity contribution >= 4 is 26.7 Å². The molecule has 27 heavy (non-hydrogen) atoms. The summed E-state index contributed by atoms with van der Waals surface area (Å²) >= 11 is 0. The zero-order valence-electron chi connectivity index (χ0n) is 15.9. The van der Waals surface area contributed by atoms with E-state index in [1.165, 1.54) is 11.4 Å². The Labute approximate surface area is 159 Å². The zero-order valence-corrected chi connectivity index (χ0v) is 16.7. The van der Waals surface area contributed by atoms with Crippen molar-refractivity contribution in [3.63, 3.8) is 0 Å². The summed E-state index contributed by atoms with van der Waals surface area (Å²) in [6.45, 7) is 6.23. The summed E-state index contributed by atoms with van der Waals surface area (Å²) < 4.78 is 33.7.